The predicted molar refractivity (Wildman–Crippen MR) is 121 cm³/mol. The number of rotatable bonds is 6. The average molecular weight is 434 g/mol. The number of carbonyl (C=O) groups excluding carboxylic acids is 1. The van der Waals surface area contributed by atoms with Gasteiger partial charge in [-0.1, -0.05) is 32.0 Å². The molecule has 1 aromatic carbocycles. The van der Waals surface area contributed by atoms with Crippen LogP contribution in [0.1, 0.15) is 48.9 Å². The molecule has 0 aliphatic carbocycles. The Balaban J connectivity index is 1.64. The monoisotopic (exact) mass is 433 g/mol. The van der Waals surface area contributed by atoms with Gasteiger partial charge in [-0.2, -0.15) is 0 Å². The quantitative estimate of drug-likeness (QED) is 0.359. The first-order valence-corrected chi connectivity index (χ1v) is 11.3. The van der Waals surface area contributed by atoms with Crippen molar-refractivity contribution in [2.75, 3.05) is 13.1 Å². The van der Waals surface area contributed by atoms with Crippen LogP contribution in [-0.2, 0) is 34.7 Å². The number of nitrogens with zero attached hydrogens (tertiary/aromatic N) is 2. The molecule has 0 radical (unpaired) electrons. The molecule has 3 aromatic rings. The molecule has 7 nitrogen and oxygen atoms in total. The number of benzene rings is 1. The van der Waals surface area contributed by atoms with E-state index in [0.717, 1.165) is 53.7 Å². The minimum atomic E-state index is -1.81. The molecule has 2 aromatic heterocycles. The SMILES string of the molecule is CCCNCCc1cccc2cc3c(nc12)-c1cc2c(c(=O)n1C3)COC(=O)[C@]2(O)CC. The summed E-state index contributed by atoms with van der Waals surface area (Å²) in [6.07, 6.45) is 2.09. The molecule has 0 fully saturated rings. The third kappa shape index (κ3) is 3.07. The first-order chi connectivity index (χ1) is 15.5. The van der Waals surface area contributed by atoms with Crippen LogP contribution in [0, 0.1) is 0 Å². The van der Waals surface area contributed by atoms with Crippen LogP contribution in [0.3, 0.4) is 0 Å². The largest absolute Gasteiger partial charge is 0.458 e. The number of esters is 1. The van der Waals surface area contributed by atoms with E-state index in [2.05, 4.69) is 24.4 Å². The number of aromatic nitrogens is 2. The second-order valence-corrected chi connectivity index (χ2v) is 8.59. The molecule has 2 aliphatic rings. The van der Waals surface area contributed by atoms with Gasteiger partial charge in [0.05, 0.1) is 29.0 Å². The van der Waals surface area contributed by atoms with Crippen molar-refractivity contribution in [1.29, 1.82) is 0 Å². The number of aliphatic hydroxyl groups is 1. The highest BCUT2D eigenvalue weighted by Gasteiger charge is 2.45. The molecule has 0 amide bonds. The Kier molecular flexibility index (Phi) is 5.10. The second-order valence-electron chi connectivity index (χ2n) is 8.59. The summed E-state index contributed by atoms with van der Waals surface area (Å²) in [6, 6.07) is 10.0. The molecule has 0 saturated carbocycles. The molecule has 0 bridgehead atoms. The van der Waals surface area contributed by atoms with E-state index in [1.807, 2.05) is 12.1 Å². The summed E-state index contributed by atoms with van der Waals surface area (Å²) < 4.78 is 6.81. The fourth-order valence-corrected chi connectivity index (χ4v) is 4.80. The molecule has 5 rings (SSSR count). The van der Waals surface area contributed by atoms with Crippen LogP contribution in [0.5, 0.6) is 0 Å². The molecule has 2 N–H and O–H groups in total. The van der Waals surface area contributed by atoms with Gasteiger partial charge in [-0.05, 0) is 50.0 Å². The minimum absolute atomic E-state index is 0.115. The number of para-hydroxylation sites is 1. The van der Waals surface area contributed by atoms with E-state index >= 15 is 0 Å². The third-order valence-electron chi connectivity index (χ3n) is 6.62. The van der Waals surface area contributed by atoms with E-state index < -0.39 is 11.6 Å². The summed E-state index contributed by atoms with van der Waals surface area (Å²) in [4.78, 5) is 30.6. The lowest BCUT2D eigenvalue weighted by Gasteiger charge is -2.31. The minimum Gasteiger partial charge on any atom is -0.458 e. The Morgan fingerprint density at radius 2 is 2.06 bits per heavy atom. The zero-order chi connectivity index (χ0) is 22.5. The molecule has 1 atom stereocenters. The number of hydrogen-bond donors (Lipinski definition) is 2. The highest BCUT2D eigenvalue weighted by atomic mass is 16.6. The number of carbonyl (C=O) groups is 1. The van der Waals surface area contributed by atoms with Crippen molar-refractivity contribution < 1.29 is 14.6 Å². The van der Waals surface area contributed by atoms with Crippen LogP contribution < -0.4 is 10.9 Å². The van der Waals surface area contributed by atoms with E-state index in [4.69, 9.17) is 9.72 Å². The van der Waals surface area contributed by atoms with Crippen molar-refractivity contribution in [3.8, 4) is 11.4 Å². The maximum atomic E-state index is 13.3. The Bertz CT molecular complexity index is 1300. The van der Waals surface area contributed by atoms with E-state index in [0.29, 0.717) is 23.4 Å². The van der Waals surface area contributed by atoms with Crippen molar-refractivity contribution in [2.45, 2.75) is 51.9 Å². The number of hydrogen-bond acceptors (Lipinski definition) is 6. The van der Waals surface area contributed by atoms with Gasteiger partial charge >= 0.3 is 5.97 Å². The molecular weight excluding hydrogens is 406 g/mol. The van der Waals surface area contributed by atoms with Crippen LogP contribution in [0.15, 0.2) is 35.1 Å². The molecule has 0 spiro atoms. The Hall–Kier alpha value is -3.03. The molecule has 32 heavy (non-hydrogen) atoms. The van der Waals surface area contributed by atoms with Crippen molar-refractivity contribution in [1.82, 2.24) is 14.9 Å². The molecule has 0 saturated heterocycles. The van der Waals surface area contributed by atoms with E-state index in [-0.39, 0.29) is 18.6 Å². The third-order valence-corrected chi connectivity index (χ3v) is 6.62. The van der Waals surface area contributed by atoms with Gasteiger partial charge < -0.3 is 19.7 Å². The molecule has 4 heterocycles. The number of cyclic esters (lactones) is 1. The normalized spacial score (nSPS) is 18.9. The van der Waals surface area contributed by atoms with Gasteiger partial charge in [0.25, 0.3) is 5.56 Å². The van der Waals surface area contributed by atoms with Crippen molar-refractivity contribution in [3.05, 3.63) is 62.9 Å². The fourth-order valence-electron chi connectivity index (χ4n) is 4.80. The van der Waals surface area contributed by atoms with Crippen LogP contribution >= 0.6 is 0 Å². The van der Waals surface area contributed by atoms with Crippen LogP contribution in [-0.4, -0.2) is 33.7 Å². The van der Waals surface area contributed by atoms with Gasteiger partial charge in [0.1, 0.15) is 6.61 Å². The average Bonchev–Trinajstić information content (AvgIpc) is 3.16. The summed E-state index contributed by atoms with van der Waals surface area (Å²) in [5, 5.41) is 15.5. The predicted octanol–water partition coefficient (Wildman–Crippen LogP) is 2.62. The number of ether oxygens (including phenoxy) is 1. The summed E-state index contributed by atoms with van der Waals surface area (Å²) in [5.74, 6) is -0.705. The lowest BCUT2D eigenvalue weighted by Crippen LogP contribution is -2.44. The molecule has 166 valence electrons. The van der Waals surface area contributed by atoms with E-state index in [1.54, 1.807) is 17.6 Å². The zero-order valence-electron chi connectivity index (χ0n) is 18.4. The molecular formula is C25H27N3O4. The van der Waals surface area contributed by atoms with E-state index in [1.165, 1.54) is 0 Å². The highest BCUT2D eigenvalue weighted by Crippen LogP contribution is 2.38. The summed E-state index contributed by atoms with van der Waals surface area (Å²) in [6.45, 7) is 6.02. The maximum absolute atomic E-state index is 13.3. The van der Waals surface area contributed by atoms with E-state index in [9.17, 15) is 14.7 Å². The maximum Gasteiger partial charge on any atom is 0.343 e. The molecule has 2 aliphatic heterocycles. The van der Waals surface area contributed by atoms with Gasteiger partial charge in [-0.3, -0.25) is 4.79 Å². The van der Waals surface area contributed by atoms with Crippen molar-refractivity contribution in [2.24, 2.45) is 0 Å². The lowest BCUT2D eigenvalue weighted by molar-refractivity contribution is -0.172. The summed E-state index contributed by atoms with van der Waals surface area (Å²) in [7, 11) is 0. The van der Waals surface area contributed by atoms with Gasteiger partial charge in [0.2, 0.25) is 0 Å². The number of fused-ring (bicyclic) bond motifs is 5. The Labute approximate surface area is 186 Å². The van der Waals surface area contributed by atoms with Crippen molar-refractivity contribution in [3.63, 3.8) is 0 Å². The second kappa shape index (κ2) is 7.83. The zero-order valence-corrected chi connectivity index (χ0v) is 18.4. The fraction of sp³-hybridized carbons (Fsp3) is 0.400. The smallest absolute Gasteiger partial charge is 0.343 e. The van der Waals surface area contributed by atoms with Crippen LogP contribution in [0.4, 0.5) is 0 Å². The van der Waals surface area contributed by atoms with Gasteiger partial charge in [-0.25, -0.2) is 9.78 Å². The Morgan fingerprint density at radius 3 is 2.84 bits per heavy atom. The Morgan fingerprint density at radius 1 is 1.22 bits per heavy atom. The summed E-state index contributed by atoms with van der Waals surface area (Å²) in [5.41, 5.74) is 3.08. The van der Waals surface area contributed by atoms with Gasteiger partial charge in [-0.15, -0.1) is 0 Å². The number of nitrogens with one attached hydrogen (secondary N) is 1. The highest BCUT2D eigenvalue weighted by molar-refractivity contribution is 5.87. The lowest BCUT2D eigenvalue weighted by atomic mass is 9.86. The van der Waals surface area contributed by atoms with Crippen molar-refractivity contribution >= 4 is 16.9 Å². The van der Waals surface area contributed by atoms with Crippen LogP contribution in [0.2, 0.25) is 0 Å². The first kappa shape index (κ1) is 20.8. The van der Waals surface area contributed by atoms with Gasteiger partial charge in [0, 0.05) is 16.5 Å². The van der Waals surface area contributed by atoms with Gasteiger partial charge in [0.15, 0.2) is 5.60 Å². The van der Waals surface area contributed by atoms with Crippen LogP contribution in [0.25, 0.3) is 22.3 Å². The number of pyridine rings is 2. The summed E-state index contributed by atoms with van der Waals surface area (Å²) >= 11 is 0. The molecule has 0 unspecified atom stereocenters. The topological polar surface area (TPSA) is 93.5 Å². The first-order valence-electron chi connectivity index (χ1n) is 11.3. The molecule has 7 heteroatoms. The standard InChI is InChI=1S/C25H27N3O4/c1-3-9-26-10-8-15-6-5-7-16-11-17-13-28-20(22(17)27-21(15)16)12-19-18(23(28)29)14-32-24(30)25(19,31)4-2/h5-7,11-12,26,31H,3-4,8-10,13-14H2,1-2H3/t25-/m0/s1.